The van der Waals surface area contributed by atoms with Gasteiger partial charge in [0.05, 0.1) is 17.6 Å². The monoisotopic (exact) mass is 422 g/mol. The van der Waals surface area contributed by atoms with E-state index in [0.29, 0.717) is 5.69 Å². The van der Waals surface area contributed by atoms with Crippen LogP contribution in [0.3, 0.4) is 0 Å². The van der Waals surface area contributed by atoms with Crippen molar-refractivity contribution in [3.8, 4) is 0 Å². The van der Waals surface area contributed by atoms with Crippen molar-refractivity contribution in [1.29, 1.82) is 0 Å². The molecule has 1 heterocycles. The van der Waals surface area contributed by atoms with Crippen LogP contribution in [0.5, 0.6) is 0 Å². The van der Waals surface area contributed by atoms with Crippen molar-refractivity contribution in [3.05, 3.63) is 64.1 Å². The summed E-state index contributed by atoms with van der Waals surface area (Å²) >= 11 is 3.41. The number of hydrogen-bond acceptors (Lipinski definition) is 2. The van der Waals surface area contributed by atoms with Crippen molar-refractivity contribution in [2.24, 2.45) is 5.92 Å². The van der Waals surface area contributed by atoms with Gasteiger partial charge in [0.25, 0.3) is 0 Å². The Bertz CT molecular complexity index is 859. The average molecular weight is 423 g/mol. The molecule has 0 bridgehead atoms. The molecule has 26 heavy (non-hydrogen) atoms. The first-order valence-electron chi connectivity index (χ1n) is 8.17. The van der Waals surface area contributed by atoms with Gasteiger partial charge >= 0.3 is 0 Å². The van der Waals surface area contributed by atoms with E-state index < -0.39 is 23.6 Å². The Hall–Kier alpha value is -2.28. The van der Waals surface area contributed by atoms with E-state index in [1.165, 1.54) is 6.07 Å². The van der Waals surface area contributed by atoms with Gasteiger partial charge in [0.1, 0.15) is 11.6 Å². The topological polar surface area (TPSA) is 49.4 Å². The average Bonchev–Trinajstić information content (AvgIpc) is 2.97. The number of nitrogens with zero attached hydrogens (tertiary/aromatic N) is 1. The molecule has 1 aliphatic rings. The summed E-state index contributed by atoms with van der Waals surface area (Å²) in [6.45, 7) is 1.88. The number of para-hydroxylation sites is 1. The molecule has 2 atom stereocenters. The molecule has 7 heteroatoms. The van der Waals surface area contributed by atoms with Crippen LogP contribution in [0.2, 0.25) is 0 Å². The summed E-state index contributed by atoms with van der Waals surface area (Å²) in [6.07, 6.45) is 0.0891. The van der Waals surface area contributed by atoms with Gasteiger partial charge in [0.2, 0.25) is 11.8 Å². The SMILES string of the molecule is C[C@@H](NC(=O)[C@@H]1CC(=O)N(c2ccccc2Br)C1)c1ccc(F)cc1F. The molecular weight excluding hydrogens is 406 g/mol. The summed E-state index contributed by atoms with van der Waals surface area (Å²) in [5, 5.41) is 2.71. The van der Waals surface area contributed by atoms with Gasteiger partial charge in [-0.2, -0.15) is 0 Å². The van der Waals surface area contributed by atoms with Crippen LogP contribution in [0.4, 0.5) is 14.5 Å². The van der Waals surface area contributed by atoms with Crippen LogP contribution in [-0.2, 0) is 9.59 Å². The lowest BCUT2D eigenvalue weighted by Crippen LogP contribution is -2.35. The smallest absolute Gasteiger partial charge is 0.227 e. The number of benzene rings is 2. The largest absolute Gasteiger partial charge is 0.349 e. The molecule has 0 radical (unpaired) electrons. The Morgan fingerprint density at radius 1 is 1.27 bits per heavy atom. The molecule has 2 aromatic rings. The number of hydrogen-bond donors (Lipinski definition) is 1. The molecule has 136 valence electrons. The molecule has 2 aromatic carbocycles. The van der Waals surface area contributed by atoms with E-state index >= 15 is 0 Å². The van der Waals surface area contributed by atoms with Crippen molar-refractivity contribution in [3.63, 3.8) is 0 Å². The van der Waals surface area contributed by atoms with Gasteiger partial charge in [-0.25, -0.2) is 8.78 Å². The lowest BCUT2D eigenvalue weighted by atomic mass is 10.0. The number of anilines is 1. The molecule has 1 fully saturated rings. The number of rotatable bonds is 4. The minimum atomic E-state index is -0.713. The molecule has 0 aromatic heterocycles. The van der Waals surface area contributed by atoms with Gasteiger partial charge in [-0.1, -0.05) is 18.2 Å². The van der Waals surface area contributed by atoms with E-state index in [0.717, 1.165) is 16.6 Å². The van der Waals surface area contributed by atoms with E-state index in [2.05, 4.69) is 21.2 Å². The van der Waals surface area contributed by atoms with Gasteiger partial charge in [-0.05, 0) is 41.1 Å². The fourth-order valence-corrected chi connectivity index (χ4v) is 3.55. The van der Waals surface area contributed by atoms with E-state index in [-0.39, 0.29) is 30.3 Å². The van der Waals surface area contributed by atoms with Gasteiger partial charge in [0.15, 0.2) is 0 Å². The second-order valence-corrected chi connectivity index (χ2v) is 7.11. The number of carbonyl (C=O) groups excluding carboxylic acids is 2. The van der Waals surface area contributed by atoms with Gasteiger partial charge in [0, 0.05) is 29.1 Å². The van der Waals surface area contributed by atoms with E-state index in [1.807, 2.05) is 18.2 Å². The van der Waals surface area contributed by atoms with Crippen molar-refractivity contribution >= 4 is 33.4 Å². The molecular formula is C19H17BrF2N2O2. The summed E-state index contributed by atoms with van der Waals surface area (Å²) in [5.41, 5.74) is 0.914. The Morgan fingerprint density at radius 3 is 2.69 bits per heavy atom. The Balaban J connectivity index is 1.69. The molecule has 1 aliphatic heterocycles. The molecule has 3 rings (SSSR count). The zero-order valence-electron chi connectivity index (χ0n) is 14.0. The van der Waals surface area contributed by atoms with Crippen LogP contribution in [0.15, 0.2) is 46.9 Å². The van der Waals surface area contributed by atoms with E-state index in [4.69, 9.17) is 0 Å². The fraction of sp³-hybridized carbons (Fsp3) is 0.263. The van der Waals surface area contributed by atoms with Gasteiger partial charge in [-0.15, -0.1) is 0 Å². The Labute approximate surface area is 158 Å². The Morgan fingerprint density at radius 2 is 2.00 bits per heavy atom. The molecule has 1 N–H and O–H groups in total. The van der Waals surface area contributed by atoms with Crippen molar-refractivity contribution in [1.82, 2.24) is 5.32 Å². The summed E-state index contributed by atoms with van der Waals surface area (Å²) in [6, 6.07) is 9.91. The maximum atomic E-state index is 13.9. The highest BCUT2D eigenvalue weighted by atomic mass is 79.9. The summed E-state index contributed by atoms with van der Waals surface area (Å²) < 4.78 is 27.7. The molecule has 0 unspecified atom stereocenters. The van der Waals surface area contributed by atoms with Gasteiger partial charge < -0.3 is 10.2 Å². The van der Waals surface area contributed by atoms with Crippen LogP contribution in [0.25, 0.3) is 0 Å². The lowest BCUT2D eigenvalue weighted by molar-refractivity contribution is -0.126. The first kappa shape index (κ1) is 18.5. The number of halogens is 3. The zero-order chi connectivity index (χ0) is 18.8. The number of carbonyl (C=O) groups is 2. The first-order valence-corrected chi connectivity index (χ1v) is 8.96. The highest BCUT2D eigenvalue weighted by Crippen LogP contribution is 2.31. The quantitative estimate of drug-likeness (QED) is 0.810. The molecule has 0 aliphatic carbocycles. The molecule has 0 spiro atoms. The van der Waals surface area contributed by atoms with Gasteiger partial charge in [-0.3, -0.25) is 9.59 Å². The molecule has 4 nitrogen and oxygen atoms in total. The van der Waals surface area contributed by atoms with Crippen LogP contribution in [0, 0.1) is 17.6 Å². The molecule has 1 saturated heterocycles. The normalized spacial score (nSPS) is 18.1. The standard InChI is InChI=1S/C19H17BrF2N2O2/c1-11(14-7-6-13(21)9-16(14)22)23-19(26)12-8-18(25)24(10-12)17-5-3-2-4-15(17)20/h2-7,9,11-12H,8,10H2,1H3,(H,23,26)/t11-,12-/m1/s1. The summed E-state index contributed by atoms with van der Waals surface area (Å²) in [7, 11) is 0. The number of nitrogens with one attached hydrogen (secondary N) is 1. The first-order chi connectivity index (χ1) is 12.4. The second kappa shape index (κ2) is 7.53. The maximum Gasteiger partial charge on any atom is 0.227 e. The van der Waals surface area contributed by atoms with Crippen LogP contribution >= 0.6 is 15.9 Å². The van der Waals surface area contributed by atoms with Crippen molar-refractivity contribution < 1.29 is 18.4 Å². The third kappa shape index (κ3) is 3.77. The zero-order valence-corrected chi connectivity index (χ0v) is 15.6. The fourth-order valence-electron chi connectivity index (χ4n) is 3.05. The van der Waals surface area contributed by atoms with Crippen LogP contribution in [-0.4, -0.2) is 18.4 Å². The summed E-state index contributed by atoms with van der Waals surface area (Å²) in [4.78, 5) is 26.4. The predicted molar refractivity (Wildman–Crippen MR) is 97.5 cm³/mol. The van der Waals surface area contributed by atoms with E-state index in [1.54, 1.807) is 17.9 Å². The van der Waals surface area contributed by atoms with Crippen LogP contribution in [0.1, 0.15) is 24.9 Å². The predicted octanol–water partition coefficient (Wildman–Crippen LogP) is 3.96. The van der Waals surface area contributed by atoms with E-state index in [9.17, 15) is 18.4 Å². The van der Waals surface area contributed by atoms with Crippen molar-refractivity contribution in [2.75, 3.05) is 11.4 Å². The van der Waals surface area contributed by atoms with Crippen molar-refractivity contribution in [2.45, 2.75) is 19.4 Å². The second-order valence-electron chi connectivity index (χ2n) is 6.25. The van der Waals surface area contributed by atoms with Crippen LogP contribution < -0.4 is 10.2 Å². The minimum absolute atomic E-state index is 0.0891. The minimum Gasteiger partial charge on any atom is -0.349 e. The molecule has 0 saturated carbocycles. The number of amides is 2. The highest BCUT2D eigenvalue weighted by Gasteiger charge is 2.36. The maximum absolute atomic E-state index is 13.9. The molecule has 2 amide bonds. The third-order valence-electron chi connectivity index (χ3n) is 4.43. The lowest BCUT2D eigenvalue weighted by Gasteiger charge is -2.20. The Kier molecular flexibility index (Phi) is 5.36. The third-order valence-corrected chi connectivity index (χ3v) is 5.10. The highest BCUT2D eigenvalue weighted by molar-refractivity contribution is 9.10. The summed E-state index contributed by atoms with van der Waals surface area (Å²) in [5.74, 6) is -2.38.